The summed E-state index contributed by atoms with van der Waals surface area (Å²) >= 11 is 0. The van der Waals surface area contributed by atoms with Crippen molar-refractivity contribution < 1.29 is 19.1 Å². The van der Waals surface area contributed by atoms with Gasteiger partial charge in [-0.2, -0.15) is 0 Å². The van der Waals surface area contributed by atoms with E-state index in [2.05, 4.69) is 10.6 Å². The molecule has 0 unspecified atom stereocenters. The van der Waals surface area contributed by atoms with Crippen LogP contribution in [0.25, 0.3) is 0 Å². The Bertz CT molecular complexity index is 524. The predicted molar refractivity (Wildman–Crippen MR) is 80.1 cm³/mol. The Kier molecular flexibility index (Phi) is 5.76. The number of hydrogen-bond donors (Lipinski definition) is 2. The fourth-order valence-electron chi connectivity index (χ4n) is 2.16. The zero-order valence-corrected chi connectivity index (χ0v) is 12.2. The quantitative estimate of drug-likeness (QED) is 0.771. The lowest BCUT2D eigenvalue weighted by atomic mass is 10.2. The van der Waals surface area contributed by atoms with E-state index in [1.807, 2.05) is 0 Å². The highest BCUT2D eigenvalue weighted by molar-refractivity contribution is 5.93. The van der Waals surface area contributed by atoms with E-state index in [4.69, 9.17) is 4.74 Å². The largest absolute Gasteiger partial charge is 0.445 e. The molecule has 118 valence electrons. The first kappa shape index (κ1) is 15.8. The third-order valence-corrected chi connectivity index (χ3v) is 3.31. The van der Waals surface area contributed by atoms with E-state index >= 15 is 0 Å². The Morgan fingerprint density at radius 2 is 1.86 bits per heavy atom. The molecule has 0 atom stereocenters. The minimum absolute atomic E-state index is 0.0707. The minimum Gasteiger partial charge on any atom is -0.445 e. The Hall–Kier alpha value is -2.57. The van der Waals surface area contributed by atoms with Gasteiger partial charge >= 0.3 is 6.09 Å². The highest BCUT2D eigenvalue weighted by Crippen LogP contribution is 2.13. The maximum Gasteiger partial charge on any atom is 0.410 e. The van der Waals surface area contributed by atoms with E-state index in [0.29, 0.717) is 12.1 Å². The van der Waals surface area contributed by atoms with Crippen molar-refractivity contribution in [2.45, 2.75) is 19.4 Å². The number of carbonyl (C=O) groups is 3. The van der Waals surface area contributed by atoms with Gasteiger partial charge in [0.25, 0.3) is 0 Å². The monoisotopic (exact) mass is 305 g/mol. The summed E-state index contributed by atoms with van der Waals surface area (Å²) in [6, 6.07) is 7.00. The zero-order valence-electron chi connectivity index (χ0n) is 12.2. The average molecular weight is 305 g/mol. The molecule has 2 N–H and O–H groups in total. The number of likely N-dealkylation sites (tertiary alicyclic amines) is 1. The maximum absolute atomic E-state index is 11.7. The number of nitrogens with one attached hydrogen (secondary N) is 2. The lowest BCUT2D eigenvalue weighted by molar-refractivity contribution is -0.118. The average Bonchev–Trinajstić information content (AvgIpc) is 3.06. The summed E-state index contributed by atoms with van der Waals surface area (Å²) in [5, 5.41) is 4.92. The number of nitrogens with zero attached hydrogens (tertiary/aromatic N) is 1. The van der Waals surface area contributed by atoms with Gasteiger partial charge in [-0.05, 0) is 30.5 Å². The molecule has 2 rings (SSSR count). The minimum atomic E-state index is -0.305. The van der Waals surface area contributed by atoms with Crippen molar-refractivity contribution in [2.75, 3.05) is 25.0 Å². The third-order valence-electron chi connectivity index (χ3n) is 3.31. The van der Waals surface area contributed by atoms with Gasteiger partial charge in [-0.1, -0.05) is 12.1 Å². The number of rotatable bonds is 6. The van der Waals surface area contributed by atoms with Crippen LogP contribution >= 0.6 is 0 Å². The molecule has 1 aliphatic heterocycles. The summed E-state index contributed by atoms with van der Waals surface area (Å²) in [7, 11) is 0. The van der Waals surface area contributed by atoms with Gasteiger partial charge in [0.2, 0.25) is 12.3 Å². The van der Waals surface area contributed by atoms with Crippen LogP contribution in [0.1, 0.15) is 18.4 Å². The highest BCUT2D eigenvalue weighted by Gasteiger charge is 2.18. The molecule has 0 aromatic heterocycles. The van der Waals surface area contributed by atoms with Gasteiger partial charge < -0.3 is 20.3 Å². The van der Waals surface area contributed by atoms with E-state index in [1.54, 1.807) is 29.2 Å². The molecule has 7 nitrogen and oxygen atoms in total. The van der Waals surface area contributed by atoms with E-state index in [1.165, 1.54) is 0 Å². The van der Waals surface area contributed by atoms with Crippen molar-refractivity contribution in [3.05, 3.63) is 29.8 Å². The summed E-state index contributed by atoms with van der Waals surface area (Å²) < 4.78 is 5.24. The molecule has 1 aromatic rings. The van der Waals surface area contributed by atoms with Crippen LogP contribution in [-0.4, -0.2) is 42.9 Å². The topological polar surface area (TPSA) is 87.7 Å². The van der Waals surface area contributed by atoms with Gasteiger partial charge in [-0.3, -0.25) is 9.59 Å². The molecular formula is C15H19N3O4. The fourth-order valence-corrected chi connectivity index (χ4v) is 2.16. The maximum atomic E-state index is 11.7. The van der Waals surface area contributed by atoms with Crippen molar-refractivity contribution in [3.63, 3.8) is 0 Å². The van der Waals surface area contributed by atoms with Crippen LogP contribution in [-0.2, 0) is 20.9 Å². The van der Waals surface area contributed by atoms with Crippen LogP contribution in [0.15, 0.2) is 24.3 Å². The summed E-state index contributed by atoms with van der Waals surface area (Å²) in [6.07, 6.45) is 2.25. The third kappa shape index (κ3) is 4.76. The van der Waals surface area contributed by atoms with Gasteiger partial charge in [0, 0.05) is 18.8 Å². The van der Waals surface area contributed by atoms with Gasteiger partial charge in [0.1, 0.15) is 6.61 Å². The van der Waals surface area contributed by atoms with Crippen molar-refractivity contribution >= 4 is 24.1 Å². The Morgan fingerprint density at radius 1 is 1.18 bits per heavy atom. The van der Waals surface area contributed by atoms with Gasteiger partial charge in [-0.25, -0.2) is 4.79 Å². The summed E-state index contributed by atoms with van der Waals surface area (Å²) in [5.41, 5.74) is 1.46. The van der Waals surface area contributed by atoms with Crippen LogP contribution in [0.4, 0.5) is 10.5 Å². The molecule has 3 amide bonds. The molecule has 0 bridgehead atoms. The molecule has 0 saturated carbocycles. The predicted octanol–water partition coefficient (Wildman–Crippen LogP) is 1.10. The molecule has 1 aromatic carbocycles. The van der Waals surface area contributed by atoms with Crippen LogP contribution in [0.5, 0.6) is 0 Å². The SMILES string of the molecule is O=CNCC(=O)Nc1ccc(COC(=O)N2CCCC2)cc1. The number of benzene rings is 1. The Balaban J connectivity index is 1.77. The second-order valence-electron chi connectivity index (χ2n) is 4.99. The van der Waals surface area contributed by atoms with Crippen molar-refractivity contribution in [3.8, 4) is 0 Å². The highest BCUT2D eigenvalue weighted by atomic mass is 16.6. The standard InChI is InChI=1S/C15H19N3O4/c19-11-16-9-14(20)17-13-5-3-12(4-6-13)10-22-15(21)18-7-1-2-8-18/h3-6,11H,1-2,7-10H2,(H,16,19)(H,17,20). The van der Waals surface area contributed by atoms with Crippen LogP contribution < -0.4 is 10.6 Å². The van der Waals surface area contributed by atoms with Gasteiger partial charge in [-0.15, -0.1) is 0 Å². The van der Waals surface area contributed by atoms with Crippen molar-refractivity contribution in [1.82, 2.24) is 10.2 Å². The first-order valence-electron chi connectivity index (χ1n) is 7.16. The van der Waals surface area contributed by atoms with Crippen molar-refractivity contribution in [2.24, 2.45) is 0 Å². The molecule has 1 fully saturated rings. The smallest absolute Gasteiger partial charge is 0.410 e. The molecule has 22 heavy (non-hydrogen) atoms. The second-order valence-corrected chi connectivity index (χ2v) is 4.99. The van der Waals surface area contributed by atoms with Gasteiger partial charge in [0.15, 0.2) is 0 Å². The molecular weight excluding hydrogens is 286 g/mol. The number of amides is 3. The molecule has 1 heterocycles. The van der Waals surface area contributed by atoms with Crippen molar-refractivity contribution in [1.29, 1.82) is 0 Å². The first-order valence-corrected chi connectivity index (χ1v) is 7.16. The number of ether oxygens (including phenoxy) is 1. The fraction of sp³-hybridized carbons (Fsp3) is 0.400. The molecule has 7 heteroatoms. The lowest BCUT2D eigenvalue weighted by Crippen LogP contribution is -2.28. The zero-order chi connectivity index (χ0) is 15.8. The summed E-state index contributed by atoms with van der Waals surface area (Å²) in [5.74, 6) is -0.305. The molecule has 0 radical (unpaired) electrons. The summed E-state index contributed by atoms with van der Waals surface area (Å²) in [6.45, 7) is 1.66. The molecule has 0 aliphatic carbocycles. The van der Waals surface area contributed by atoms with Crippen LogP contribution in [0.2, 0.25) is 0 Å². The second kappa shape index (κ2) is 8.02. The molecule has 0 spiro atoms. The number of carbonyl (C=O) groups excluding carboxylic acids is 3. The normalized spacial score (nSPS) is 13.5. The van der Waals surface area contributed by atoms with E-state index in [-0.39, 0.29) is 25.2 Å². The number of hydrogen-bond acceptors (Lipinski definition) is 4. The number of anilines is 1. The molecule has 1 aliphatic rings. The Morgan fingerprint density at radius 3 is 2.50 bits per heavy atom. The Labute approximate surface area is 128 Å². The van der Waals surface area contributed by atoms with Crippen LogP contribution in [0.3, 0.4) is 0 Å². The van der Waals surface area contributed by atoms with Gasteiger partial charge in [0.05, 0.1) is 6.54 Å². The van der Waals surface area contributed by atoms with E-state index < -0.39 is 0 Å². The lowest BCUT2D eigenvalue weighted by Gasteiger charge is -2.15. The molecule has 1 saturated heterocycles. The first-order chi connectivity index (χ1) is 10.7. The van der Waals surface area contributed by atoms with E-state index in [9.17, 15) is 14.4 Å². The summed E-state index contributed by atoms with van der Waals surface area (Å²) in [4.78, 5) is 34.9. The van der Waals surface area contributed by atoms with Crippen LogP contribution in [0, 0.1) is 0 Å². The van der Waals surface area contributed by atoms with E-state index in [0.717, 1.165) is 31.5 Å².